The van der Waals surface area contributed by atoms with Crippen LogP contribution < -0.4 is 5.32 Å². The molecule has 2 nitrogen and oxygen atoms in total. The van der Waals surface area contributed by atoms with E-state index in [1.807, 2.05) is 0 Å². The molecule has 1 saturated carbocycles. The number of hydrogen-bond acceptors (Lipinski definition) is 2. The first-order valence-corrected chi connectivity index (χ1v) is 6.39. The fourth-order valence-electron chi connectivity index (χ4n) is 2.35. The Morgan fingerprint density at radius 3 is 3.00 bits per heavy atom. The molecule has 0 bridgehead atoms. The second kappa shape index (κ2) is 5.66. The van der Waals surface area contributed by atoms with Crippen molar-refractivity contribution in [3.63, 3.8) is 0 Å². The highest BCUT2D eigenvalue weighted by Crippen LogP contribution is 2.33. The van der Waals surface area contributed by atoms with Crippen LogP contribution >= 0.6 is 0 Å². The maximum absolute atomic E-state index is 5.30. The molecule has 1 atom stereocenters. The minimum atomic E-state index is 0.783. The molecule has 0 aromatic heterocycles. The minimum Gasteiger partial charge on any atom is -0.377 e. The van der Waals surface area contributed by atoms with E-state index in [0.29, 0.717) is 0 Å². The topological polar surface area (TPSA) is 21.3 Å². The number of hydrogen-bond donors (Lipinski definition) is 1. The lowest BCUT2D eigenvalue weighted by atomic mass is 10.1. The monoisotopic (exact) mass is 209 g/mol. The van der Waals surface area contributed by atoms with Crippen LogP contribution in [0.15, 0.2) is 11.6 Å². The molecule has 0 spiro atoms. The third-order valence-electron chi connectivity index (χ3n) is 3.54. The van der Waals surface area contributed by atoms with Crippen LogP contribution in [0.1, 0.15) is 39.0 Å². The van der Waals surface area contributed by atoms with Crippen molar-refractivity contribution in [1.29, 1.82) is 0 Å². The zero-order valence-corrected chi connectivity index (χ0v) is 9.80. The molecule has 1 fully saturated rings. The third kappa shape index (κ3) is 3.62. The fraction of sp³-hybridized carbons (Fsp3) is 0.846. The Labute approximate surface area is 93.1 Å². The van der Waals surface area contributed by atoms with Gasteiger partial charge in [-0.1, -0.05) is 18.6 Å². The van der Waals surface area contributed by atoms with Crippen molar-refractivity contribution < 1.29 is 4.74 Å². The lowest BCUT2D eigenvalue weighted by molar-refractivity contribution is 0.153. The van der Waals surface area contributed by atoms with E-state index in [-0.39, 0.29) is 0 Å². The normalized spacial score (nSPS) is 23.7. The summed E-state index contributed by atoms with van der Waals surface area (Å²) in [6.45, 7) is 5.20. The van der Waals surface area contributed by atoms with Gasteiger partial charge in [-0.15, -0.1) is 0 Å². The van der Waals surface area contributed by atoms with E-state index in [0.717, 1.165) is 38.1 Å². The Morgan fingerprint density at radius 1 is 1.53 bits per heavy atom. The van der Waals surface area contributed by atoms with Crippen molar-refractivity contribution in [2.45, 2.75) is 45.1 Å². The van der Waals surface area contributed by atoms with Gasteiger partial charge >= 0.3 is 0 Å². The van der Waals surface area contributed by atoms with Crippen molar-refractivity contribution in [1.82, 2.24) is 5.32 Å². The summed E-state index contributed by atoms with van der Waals surface area (Å²) in [7, 11) is 0. The number of nitrogens with one attached hydrogen (secondary N) is 1. The third-order valence-corrected chi connectivity index (χ3v) is 3.54. The van der Waals surface area contributed by atoms with E-state index < -0.39 is 0 Å². The quantitative estimate of drug-likeness (QED) is 0.679. The van der Waals surface area contributed by atoms with E-state index in [4.69, 9.17) is 4.74 Å². The molecule has 1 heterocycles. The van der Waals surface area contributed by atoms with Crippen LogP contribution in [0.2, 0.25) is 0 Å². The van der Waals surface area contributed by atoms with Crippen LogP contribution in [0.5, 0.6) is 0 Å². The molecule has 15 heavy (non-hydrogen) atoms. The van der Waals surface area contributed by atoms with Crippen molar-refractivity contribution in [2.75, 3.05) is 19.8 Å². The summed E-state index contributed by atoms with van der Waals surface area (Å²) in [5.74, 6) is 0.985. The summed E-state index contributed by atoms with van der Waals surface area (Å²) in [5, 5.41) is 3.70. The molecule has 2 rings (SSSR count). The molecule has 2 aliphatic rings. The summed E-state index contributed by atoms with van der Waals surface area (Å²) in [6, 6.07) is 0.783. The van der Waals surface area contributed by atoms with Crippen molar-refractivity contribution in [2.24, 2.45) is 5.92 Å². The standard InChI is InChI=1S/C13H23NO/c1-2-13(12-3-4-12)14-8-5-11-6-9-15-10-7-11/h6,12-14H,2-5,7-10H2,1H3. The average Bonchev–Trinajstić information content (AvgIpc) is 3.10. The van der Waals surface area contributed by atoms with E-state index in [2.05, 4.69) is 18.3 Å². The second-order valence-electron chi connectivity index (χ2n) is 4.74. The summed E-state index contributed by atoms with van der Waals surface area (Å²) < 4.78 is 5.30. The van der Waals surface area contributed by atoms with Gasteiger partial charge in [0, 0.05) is 6.04 Å². The Hall–Kier alpha value is -0.340. The van der Waals surface area contributed by atoms with Gasteiger partial charge in [-0.05, 0) is 44.6 Å². The first kappa shape index (κ1) is 11.2. The molecule has 1 N–H and O–H groups in total. The molecule has 86 valence electrons. The average molecular weight is 209 g/mol. The summed E-state index contributed by atoms with van der Waals surface area (Å²) in [5.41, 5.74) is 1.58. The van der Waals surface area contributed by atoms with Gasteiger partial charge in [0.25, 0.3) is 0 Å². The summed E-state index contributed by atoms with van der Waals surface area (Å²) in [6.07, 6.45) is 8.79. The highest BCUT2D eigenvalue weighted by Gasteiger charge is 2.29. The van der Waals surface area contributed by atoms with Gasteiger partial charge in [0.15, 0.2) is 0 Å². The molecule has 0 saturated heterocycles. The van der Waals surface area contributed by atoms with E-state index in [1.54, 1.807) is 5.57 Å². The van der Waals surface area contributed by atoms with Crippen molar-refractivity contribution >= 4 is 0 Å². The minimum absolute atomic E-state index is 0.783. The van der Waals surface area contributed by atoms with Gasteiger partial charge in [-0.3, -0.25) is 0 Å². The molecule has 0 aromatic carbocycles. The van der Waals surface area contributed by atoms with Gasteiger partial charge < -0.3 is 10.1 Å². The molecule has 0 radical (unpaired) electrons. The zero-order chi connectivity index (χ0) is 10.5. The predicted octanol–water partition coefficient (Wildman–Crippen LogP) is 2.50. The van der Waals surface area contributed by atoms with Crippen LogP contribution in [0.3, 0.4) is 0 Å². The van der Waals surface area contributed by atoms with Crippen LogP contribution in [-0.4, -0.2) is 25.8 Å². The van der Waals surface area contributed by atoms with Gasteiger partial charge in [0.05, 0.1) is 13.2 Å². The molecular formula is C13H23NO. The first-order valence-electron chi connectivity index (χ1n) is 6.39. The lowest BCUT2D eigenvalue weighted by Gasteiger charge is -2.18. The summed E-state index contributed by atoms with van der Waals surface area (Å²) in [4.78, 5) is 0. The molecule has 1 aliphatic carbocycles. The second-order valence-corrected chi connectivity index (χ2v) is 4.74. The molecule has 1 aliphatic heterocycles. The van der Waals surface area contributed by atoms with Crippen LogP contribution in [0.25, 0.3) is 0 Å². The first-order chi connectivity index (χ1) is 7.40. The zero-order valence-electron chi connectivity index (χ0n) is 9.80. The Balaban J connectivity index is 1.62. The highest BCUT2D eigenvalue weighted by atomic mass is 16.5. The molecule has 2 heteroatoms. The smallest absolute Gasteiger partial charge is 0.0650 e. The van der Waals surface area contributed by atoms with Gasteiger partial charge in [-0.25, -0.2) is 0 Å². The Bertz CT molecular complexity index is 221. The number of rotatable bonds is 6. The molecule has 0 aromatic rings. The summed E-state index contributed by atoms with van der Waals surface area (Å²) >= 11 is 0. The Kier molecular flexibility index (Phi) is 4.21. The fourth-order valence-corrected chi connectivity index (χ4v) is 2.35. The number of ether oxygens (including phenoxy) is 1. The predicted molar refractivity (Wildman–Crippen MR) is 62.9 cm³/mol. The largest absolute Gasteiger partial charge is 0.377 e. The van der Waals surface area contributed by atoms with Gasteiger partial charge in [-0.2, -0.15) is 0 Å². The van der Waals surface area contributed by atoms with E-state index in [9.17, 15) is 0 Å². The Morgan fingerprint density at radius 2 is 2.40 bits per heavy atom. The van der Waals surface area contributed by atoms with Crippen molar-refractivity contribution in [3.8, 4) is 0 Å². The molecular weight excluding hydrogens is 186 g/mol. The molecule has 1 unspecified atom stereocenters. The maximum Gasteiger partial charge on any atom is 0.0650 e. The van der Waals surface area contributed by atoms with Crippen LogP contribution in [-0.2, 0) is 4.74 Å². The van der Waals surface area contributed by atoms with Crippen LogP contribution in [0.4, 0.5) is 0 Å². The molecule has 0 amide bonds. The van der Waals surface area contributed by atoms with Crippen molar-refractivity contribution in [3.05, 3.63) is 11.6 Å². The van der Waals surface area contributed by atoms with E-state index in [1.165, 1.54) is 25.7 Å². The van der Waals surface area contributed by atoms with E-state index >= 15 is 0 Å². The van der Waals surface area contributed by atoms with Crippen LogP contribution in [0, 0.1) is 5.92 Å². The highest BCUT2D eigenvalue weighted by molar-refractivity contribution is 5.05. The van der Waals surface area contributed by atoms with Gasteiger partial charge in [0.2, 0.25) is 0 Å². The SMILES string of the molecule is CCC(NCCC1=CCOCC1)C1CC1. The lowest BCUT2D eigenvalue weighted by Crippen LogP contribution is -2.31. The maximum atomic E-state index is 5.30. The van der Waals surface area contributed by atoms with Gasteiger partial charge in [0.1, 0.15) is 0 Å².